The van der Waals surface area contributed by atoms with Gasteiger partial charge in [-0.3, -0.25) is 0 Å². The summed E-state index contributed by atoms with van der Waals surface area (Å²) >= 11 is 1.59. The van der Waals surface area contributed by atoms with Gasteiger partial charge in [-0.2, -0.15) is 0 Å². The van der Waals surface area contributed by atoms with Crippen LogP contribution in [0.1, 0.15) is 5.69 Å². The van der Waals surface area contributed by atoms with Crippen LogP contribution in [-0.2, 0) is 0 Å². The van der Waals surface area contributed by atoms with Gasteiger partial charge in [0.1, 0.15) is 5.00 Å². The lowest BCUT2D eigenvalue weighted by atomic mass is 10.4. The number of hydrogen-bond acceptors (Lipinski definition) is 5. The quantitative estimate of drug-likeness (QED) is 0.687. The van der Waals surface area contributed by atoms with Crippen molar-refractivity contribution >= 4 is 21.5 Å². The minimum atomic E-state index is 0.841. The highest BCUT2D eigenvalue weighted by Gasteiger charge is 2.14. The lowest BCUT2D eigenvalue weighted by Gasteiger charge is -2.26. The van der Waals surface area contributed by atoms with Gasteiger partial charge in [0.15, 0.2) is 5.13 Å². The maximum absolute atomic E-state index is 5.76. The molecule has 0 aromatic carbocycles. The van der Waals surface area contributed by atoms with Crippen LogP contribution in [-0.4, -0.2) is 31.2 Å². The fourth-order valence-electron chi connectivity index (χ4n) is 1.38. The molecule has 1 aromatic heterocycles. The first-order valence-electron chi connectivity index (χ1n) is 4.46. The van der Waals surface area contributed by atoms with Crippen molar-refractivity contribution in [3.05, 3.63) is 5.69 Å². The Balaban J connectivity index is 2.14. The molecule has 0 radical (unpaired) electrons. The molecule has 0 atom stereocenters. The highest BCUT2D eigenvalue weighted by molar-refractivity contribution is 7.19. The molecule has 0 unspecified atom stereocenters. The zero-order valence-electron chi connectivity index (χ0n) is 7.71. The van der Waals surface area contributed by atoms with Crippen LogP contribution >= 0.6 is 11.3 Å². The van der Waals surface area contributed by atoms with Crippen molar-refractivity contribution in [1.82, 2.24) is 10.3 Å². The molecule has 1 aliphatic heterocycles. The van der Waals surface area contributed by atoms with Gasteiger partial charge in [-0.15, -0.1) is 0 Å². The Bertz CT molecular complexity index is 271. The molecule has 13 heavy (non-hydrogen) atoms. The summed E-state index contributed by atoms with van der Waals surface area (Å²) < 4.78 is 0. The highest BCUT2D eigenvalue weighted by Crippen LogP contribution is 2.27. The molecule has 1 aromatic rings. The second-order valence-corrected chi connectivity index (χ2v) is 4.19. The average Bonchev–Trinajstić information content (AvgIpc) is 2.49. The molecule has 1 fully saturated rings. The largest absolute Gasteiger partial charge is 0.389 e. The first kappa shape index (κ1) is 8.77. The molecule has 4 nitrogen and oxygen atoms in total. The van der Waals surface area contributed by atoms with Crippen LogP contribution in [0.3, 0.4) is 0 Å². The fourth-order valence-corrected chi connectivity index (χ4v) is 2.27. The molecule has 2 rings (SSSR count). The van der Waals surface area contributed by atoms with Gasteiger partial charge < -0.3 is 16.0 Å². The van der Waals surface area contributed by atoms with Gasteiger partial charge in [-0.1, -0.05) is 11.3 Å². The number of nitrogens with two attached hydrogens (primary N) is 1. The van der Waals surface area contributed by atoms with E-state index in [0.717, 1.165) is 42.0 Å². The van der Waals surface area contributed by atoms with Gasteiger partial charge in [0, 0.05) is 26.2 Å². The molecule has 0 amide bonds. The van der Waals surface area contributed by atoms with E-state index in [1.807, 2.05) is 6.92 Å². The number of rotatable bonds is 1. The van der Waals surface area contributed by atoms with Gasteiger partial charge in [-0.05, 0) is 6.92 Å². The maximum atomic E-state index is 5.76. The monoisotopic (exact) mass is 198 g/mol. The summed E-state index contributed by atoms with van der Waals surface area (Å²) in [7, 11) is 0. The van der Waals surface area contributed by atoms with Crippen molar-refractivity contribution in [1.29, 1.82) is 0 Å². The Morgan fingerprint density at radius 1 is 1.46 bits per heavy atom. The second-order valence-electron chi connectivity index (χ2n) is 3.18. The van der Waals surface area contributed by atoms with Crippen molar-refractivity contribution in [2.24, 2.45) is 0 Å². The van der Waals surface area contributed by atoms with Gasteiger partial charge in [0.25, 0.3) is 0 Å². The Labute approximate surface area is 81.8 Å². The summed E-state index contributed by atoms with van der Waals surface area (Å²) in [6.45, 7) is 6.10. The molecule has 0 aliphatic carbocycles. The number of anilines is 2. The van der Waals surface area contributed by atoms with E-state index < -0.39 is 0 Å². The molecule has 1 saturated heterocycles. The standard InChI is InChI=1S/C8H14N4S/c1-6-7(9)13-8(11-6)12-4-2-10-3-5-12/h10H,2-5,9H2,1H3. The molecule has 0 bridgehead atoms. The first-order valence-corrected chi connectivity index (χ1v) is 5.27. The third-order valence-electron chi connectivity index (χ3n) is 2.21. The Kier molecular flexibility index (Phi) is 2.37. The third-order valence-corrected chi connectivity index (χ3v) is 3.26. The van der Waals surface area contributed by atoms with E-state index in [2.05, 4.69) is 15.2 Å². The number of aromatic nitrogens is 1. The number of nitrogen functional groups attached to an aromatic ring is 1. The smallest absolute Gasteiger partial charge is 0.187 e. The van der Waals surface area contributed by atoms with Crippen molar-refractivity contribution in [2.45, 2.75) is 6.92 Å². The number of nitrogens with one attached hydrogen (secondary N) is 1. The molecular weight excluding hydrogens is 184 g/mol. The van der Waals surface area contributed by atoms with E-state index in [1.165, 1.54) is 0 Å². The molecule has 5 heteroatoms. The number of hydrogen-bond donors (Lipinski definition) is 2. The number of aryl methyl sites for hydroxylation is 1. The van der Waals surface area contributed by atoms with Gasteiger partial charge >= 0.3 is 0 Å². The predicted octanol–water partition coefficient (Wildman–Crippen LogP) is 0.443. The highest BCUT2D eigenvalue weighted by atomic mass is 32.1. The topological polar surface area (TPSA) is 54.2 Å². The maximum Gasteiger partial charge on any atom is 0.187 e. The molecule has 1 aliphatic rings. The third kappa shape index (κ3) is 1.76. The summed E-state index contributed by atoms with van der Waals surface area (Å²) in [5.74, 6) is 0. The van der Waals surface area contributed by atoms with E-state index in [-0.39, 0.29) is 0 Å². The Hall–Kier alpha value is -0.810. The van der Waals surface area contributed by atoms with Crippen LogP contribution in [0.15, 0.2) is 0 Å². The molecule has 2 heterocycles. The molecular formula is C8H14N4S. The zero-order valence-corrected chi connectivity index (χ0v) is 8.52. The second kappa shape index (κ2) is 3.51. The number of piperazine rings is 1. The lowest BCUT2D eigenvalue weighted by Crippen LogP contribution is -2.43. The van der Waals surface area contributed by atoms with Crippen molar-refractivity contribution < 1.29 is 0 Å². The van der Waals surface area contributed by atoms with Crippen LogP contribution < -0.4 is 16.0 Å². The summed E-state index contributed by atoms with van der Waals surface area (Å²) in [5.41, 5.74) is 6.72. The first-order chi connectivity index (χ1) is 6.27. The summed E-state index contributed by atoms with van der Waals surface area (Å²) in [6.07, 6.45) is 0. The molecule has 0 spiro atoms. The van der Waals surface area contributed by atoms with E-state index in [4.69, 9.17) is 5.73 Å². The fraction of sp³-hybridized carbons (Fsp3) is 0.625. The summed E-state index contributed by atoms with van der Waals surface area (Å²) in [4.78, 5) is 6.71. The van der Waals surface area contributed by atoms with Crippen molar-refractivity contribution in [2.75, 3.05) is 36.8 Å². The predicted molar refractivity (Wildman–Crippen MR) is 56.3 cm³/mol. The minimum absolute atomic E-state index is 0.841. The van der Waals surface area contributed by atoms with Crippen LogP contribution in [0.5, 0.6) is 0 Å². The summed E-state index contributed by atoms with van der Waals surface area (Å²) in [6, 6.07) is 0. The molecule has 3 N–H and O–H groups in total. The molecule has 72 valence electrons. The Morgan fingerprint density at radius 2 is 2.15 bits per heavy atom. The lowest BCUT2D eigenvalue weighted by molar-refractivity contribution is 0.588. The number of thiazole rings is 1. The minimum Gasteiger partial charge on any atom is -0.389 e. The van der Waals surface area contributed by atoms with E-state index in [9.17, 15) is 0 Å². The van der Waals surface area contributed by atoms with Crippen LogP contribution in [0.25, 0.3) is 0 Å². The van der Waals surface area contributed by atoms with Gasteiger partial charge in [0.05, 0.1) is 5.69 Å². The van der Waals surface area contributed by atoms with Gasteiger partial charge in [0.2, 0.25) is 0 Å². The van der Waals surface area contributed by atoms with Crippen LogP contribution in [0.4, 0.5) is 10.1 Å². The van der Waals surface area contributed by atoms with Crippen LogP contribution in [0.2, 0.25) is 0 Å². The Morgan fingerprint density at radius 3 is 2.69 bits per heavy atom. The van der Waals surface area contributed by atoms with Crippen molar-refractivity contribution in [3.63, 3.8) is 0 Å². The SMILES string of the molecule is Cc1nc(N2CCNCC2)sc1N. The van der Waals surface area contributed by atoms with Gasteiger partial charge in [-0.25, -0.2) is 4.98 Å². The average molecular weight is 198 g/mol. The number of nitrogens with zero attached hydrogens (tertiary/aromatic N) is 2. The van der Waals surface area contributed by atoms with Crippen LogP contribution in [0, 0.1) is 6.92 Å². The van der Waals surface area contributed by atoms with E-state index >= 15 is 0 Å². The zero-order chi connectivity index (χ0) is 9.26. The summed E-state index contributed by atoms with van der Waals surface area (Å²) in [5, 5.41) is 5.22. The molecule has 0 saturated carbocycles. The van der Waals surface area contributed by atoms with Crippen molar-refractivity contribution in [3.8, 4) is 0 Å². The normalized spacial score (nSPS) is 17.8. The van der Waals surface area contributed by atoms with E-state index in [0.29, 0.717) is 0 Å². The van der Waals surface area contributed by atoms with E-state index in [1.54, 1.807) is 11.3 Å².